The molecule has 0 saturated carbocycles. The summed E-state index contributed by atoms with van der Waals surface area (Å²) in [4.78, 5) is -0.317. The molecule has 0 spiro atoms. The lowest BCUT2D eigenvalue weighted by Gasteiger charge is -2.28. The summed E-state index contributed by atoms with van der Waals surface area (Å²) < 4.78 is 126. The largest absolute Gasteiger partial charge is 0.517 e. The Kier molecular flexibility index (Phi) is 6.29. The van der Waals surface area contributed by atoms with E-state index in [-0.39, 0.29) is 4.90 Å². The molecular formula is C17H13F6NO4S2. The Morgan fingerprint density at radius 2 is 1.33 bits per heavy atom. The van der Waals surface area contributed by atoms with E-state index >= 15 is 0 Å². The molecule has 0 amide bonds. The number of alkyl halides is 6. The monoisotopic (exact) mass is 473 g/mol. The van der Waals surface area contributed by atoms with Crippen molar-refractivity contribution in [3.05, 3.63) is 66.2 Å². The van der Waals surface area contributed by atoms with Gasteiger partial charge in [-0.3, -0.25) is 0 Å². The molecule has 0 radical (unpaired) electrons. The lowest BCUT2D eigenvalue weighted by Crippen LogP contribution is -2.40. The Labute approximate surface area is 168 Å². The molecule has 0 bridgehead atoms. The molecule has 2 rings (SSSR count). The van der Waals surface area contributed by atoms with E-state index in [4.69, 9.17) is 0 Å². The van der Waals surface area contributed by atoms with Crippen LogP contribution < -0.4 is 4.31 Å². The first kappa shape index (κ1) is 23.7. The lowest BCUT2D eigenvalue weighted by atomic mass is 10.1. The van der Waals surface area contributed by atoms with Gasteiger partial charge >= 0.3 is 21.7 Å². The molecule has 0 unspecified atom stereocenters. The summed E-state index contributed by atoms with van der Waals surface area (Å²) >= 11 is 0. The van der Waals surface area contributed by atoms with Gasteiger partial charge in [-0.15, -0.1) is 0 Å². The van der Waals surface area contributed by atoms with Crippen molar-refractivity contribution in [2.75, 3.05) is 10.6 Å². The zero-order valence-corrected chi connectivity index (χ0v) is 16.6. The van der Waals surface area contributed by atoms with Crippen LogP contribution in [-0.2, 0) is 19.9 Å². The number of rotatable bonds is 5. The van der Waals surface area contributed by atoms with Crippen molar-refractivity contribution in [1.82, 2.24) is 0 Å². The van der Waals surface area contributed by atoms with E-state index in [0.29, 0.717) is 0 Å². The van der Waals surface area contributed by atoms with Crippen molar-refractivity contribution in [1.29, 1.82) is 0 Å². The lowest BCUT2D eigenvalue weighted by molar-refractivity contribution is -0.0795. The first-order valence-electron chi connectivity index (χ1n) is 7.81. The number of para-hydroxylation sites is 1. The SMILES string of the molecule is CS(=O)(=O)c1ccc(/C(=C\C(F)(F)F)N(c2ccccc2)S(=O)(=O)C(F)(F)F)cc1. The Morgan fingerprint density at radius 1 is 0.833 bits per heavy atom. The van der Waals surface area contributed by atoms with E-state index in [2.05, 4.69) is 0 Å². The van der Waals surface area contributed by atoms with Gasteiger partial charge in [-0.05, 0) is 29.8 Å². The van der Waals surface area contributed by atoms with Crippen molar-refractivity contribution < 1.29 is 43.2 Å². The van der Waals surface area contributed by atoms with Crippen LogP contribution in [0.1, 0.15) is 5.56 Å². The van der Waals surface area contributed by atoms with Gasteiger partial charge in [0.2, 0.25) is 0 Å². The first-order chi connectivity index (χ1) is 13.5. The molecule has 0 heterocycles. The maximum Gasteiger partial charge on any atom is 0.517 e. The Morgan fingerprint density at radius 3 is 1.73 bits per heavy atom. The van der Waals surface area contributed by atoms with Gasteiger partial charge in [0, 0.05) is 12.3 Å². The third-order valence-corrected chi connectivity index (χ3v) is 6.22. The average molecular weight is 473 g/mol. The second-order valence-electron chi connectivity index (χ2n) is 5.92. The standard InChI is InChI=1S/C17H13F6NO4S2/c1-29(25,26)14-9-7-12(8-10-14)15(11-16(18,19)20)24(13-5-3-2-4-6-13)30(27,28)17(21,22)23/h2-11H,1H3/b15-11+. The maximum atomic E-state index is 13.3. The molecule has 164 valence electrons. The van der Waals surface area contributed by atoms with Crippen LogP contribution >= 0.6 is 0 Å². The van der Waals surface area contributed by atoms with Gasteiger partial charge in [0.1, 0.15) is 0 Å². The second-order valence-corrected chi connectivity index (χ2v) is 9.71. The summed E-state index contributed by atoms with van der Waals surface area (Å²) in [6.45, 7) is 0. The summed E-state index contributed by atoms with van der Waals surface area (Å²) in [6.07, 6.45) is -4.98. The van der Waals surface area contributed by atoms with Crippen molar-refractivity contribution in [3.8, 4) is 0 Å². The van der Waals surface area contributed by atoms with Gasteiger partial charge in [-0.25, -0.2) is 12.7 Å². The molecule has 0 aromatic heterocycles. The first-order valence-corrected chi connectivity index (χ1v) is 11.1. The van der Waals surface area contributed by atoms with Crippen LogP contribution in [0.2, 0.25) is 0 Å². The topological polar surface area (TPSA) is 71.5 Å². The summed E-state index contributed by atoms with van der Waals surface area (Å²) in [7, 11) is -10.1. The van der Waals surface area contributed by atoms with Crippen LogP contribution in [0.5, 0.6) is 0 Å². The molecule has 2 aromatic rings. The predicted octanol–water partition coefficient (Wildman–Crippen LogP) is 4.35. The summed E-state index contributed by atoms with van der Waals surface area (Å²) in [5, 5.41) is 0. The van der Waals surface area contributed by atoms with Crippen molar-refractivity contribution in [3.63, 3.8) is 0 Å². The number of allylic oxidation sites excluding steroid dienone is 1. The Balaban J connectivity index is 2.84. The summed E-state index contributed by atoms with van der Waals surface area (Å²) in [5.41, 5.74) is -8.57. The highest BCUT2D eigenvalue weighted by Crippen LogP contribution is 2.38. The number of hydrogen-bond donors (Lipinski definition) is 0. The fourth-order valence-corrected chi connectivity index (χ4v) is 4.02. The van der Waals surface area contributed by atoms with E-state index in [1.54, 1.807) is 0 Å². The third-order valence-electron chi connectivity index (χ3n) is 3.62. The normalized spacial score (nSPS) is 13.9. The third kappa shape index (κ3) is 5.33. The Bertz CT molecular complexity index is 1140. The van der Waals surface area contributed by atoms with Gasteiger partial charge in [0.25, 0.3) is 0 Å². The summed E-state index contributed by atoms with van der Waals surface area (Å²) in [6, 6.07) is 8.69. The van der Waals surface area contributed by atoms with Crippen LogP contribution in [0.3, 0.4) is 0 Å². The molecule has 0 aliphatic rings. The molecule has 0 N–H and O–H groups in total. The van der Waals surface area contributed by atoms with Crippen molar-refractivity contribution in [2.24, 2.45) is 0 Å². The number of nitrogens with zero attached hydrogens (tertiary/aromatic N) is 1. The van der Waals surface area contributed by atoms with Gasteiger partial charge < -0.3 is 0 Å². The second kappa shape index (κ2) is 7.95. The fourth-order valence-electron chi connectivity index (χ4n) is 2.36. The number of anilines is 1. The van der Waals surface area contributed by atoms with Gasteiger partial charge in [0.15, 0.2) is 9.84 Å². The summed E-state index contributed by atoms with van der Waals surface area (Å²) in [5.74, 6) is 0. The molecule has 30 heavy (non-hydrogen) atoms. The highest BCUT2D eigenvalue weighted by Gasteiger charge is 2.52. The quantitative estimate of drug-likeness (QED) is 0.606. The van der Waals surface area contributed by atoms with Crippen LogP contribution in [0.4, 0.5) is 32.0 Å². The fraction of sp³-hybridized carbons (Fsp3) is 0.176. The zero-order valence-electron chi connectivity index (χ0n) is 14.9. The molecule has 2 aromatic carbocycles. The number of sulfonamides is 1. The minimum atomic E-state index is -6.30. The molecule has 0 aliphatic carbocycles. The number of halogens is 6. The van der Waals surface area contributed by atoms with Crippen molar-refractivity contribution in [2.45, 2.75) is 16.6 Å². The van der Waals surface area contributed by atoms with Gasteiger partial charge in [0.05, 0.1) is 16.3 Å². The number of sulfone groups is 1. The molecule has 0 aliphatic heterocycles. The average Bonchev–Trinajstić information content (AvgIpc) is 2.59. The Hall–Kier alpha value is -2.54. The van der Waals surface area contributed by atoms with E-state index in [0.717, 1.165) is 54.8 Å². The van der Waals surface area contributed by atoms with Crippen molar-refractivity contribution >= 4 is 31.2 Å². The molecule has 0 fully saturated rings. The molecule has 13 heteroatoms. The van der Waals surface area contributed by atoms with Gasteiger partial charge in [-0.1, -0.05) is 30.3 Å². The molecule has 0 atom stereocenters. The van der Waals surface area contributed by atoms with E-state index in [1.807, 2.05) is 0 Å². The predicted molar refractivity (Wildman–Crippen MR) is 97.5 cm³/mol. The smallest absolute Gasteiger partial charge is 0.230 e. The van der Waals surface area contributed by atoms with Crippen LogP contribution in [0.25, 0.3) is 5.70 Å². The van der Waals surface area contributed by atoms with E-state index in [9.17, 15) is 43.2 Å². The maximum absolute atomic E-state index is 13.3. The minimum absolute atomic E-state index is 0.317. The highest BCUT2D eigenvalue weighted by molar-refractivity contribution is 7.94. The zero-order chi connectivity index (χ0) is 23.0. The van der Waals surface area contributed by atoms with Gasteiger partial charge in [-0.2, -0.15) is 34.8 Å². The van der Waals surface area contributed by atoms with Crippen LogP contribution in [0.15, 0.2) is 65.6 Å². The van der Waals surface area contributed by atoms with E-state index in [1.165, 1.54) is 6.07 Å². The highest BCUT2D eigenvalue weighted by atomic mass is 32.2. The van der Waals surface area contributed by atoms with E-state index < -0.39 is 58.9 Å². The molecular weight excluding hydrogens is 460 g/mol. The molecule has 5 nitrogen and oxygen atoms in total. The number of hydrogen-bond acceptors (Lipinski definition) is 4. The van der Waals surface area contributed by atoms with Crippen LogP contribution in [0, 0.1) is 0 Å². The minimum Gasteiger partial charge on any atom is -0.230 e. The number of benzene rings is 2. The molecule has 0 saturated heterocycles. The van der Waals surface area contributed by atoms with Crippen LogP contribution in [-0.4, -0.2) is 34.8 Å².